The average molecular weight is 553 g/mol. The van der Waals surface area contributed by atoms with Gasteiger partial charge in [0.15, 0.2) is 11.5 Å². The van der Waals surface area contributed by atoms with Crippen LogP contribution in [0.3, 0.4) is 0 Å². The van der Waals surface area contributed by atoms with Crippen LogP contribution in [-0.4, -0.2) is 78.4 Å². The largest absolute Gasteiger partial charge is 0.488 e. The molecule has 2 aromatic rings. The number of nitrogens with zero attached hydrogens (tertiary/aromatic N) is 2. The van der Waals surface area contributed by atoms with E-state index in [-0.39, 0.29) is 62.1 Å². The predicted molar refractivity (Wildman–Crippen MR) is 148 cm³/mol. The molecule has 0 radical (unpaired) electrons. The Hall–Kier alpha value is -3.99. The number of urea groups is 1. The van der Waals surface area contributed by atoms with Crippen LogP contribution < -0.4 is 24.8 Å². The minimum Gasteiger partial charge on any atom is -0.488 e. The summed E-state index contributed by atoms with van der Waals surface area (Å²) in [6, 6.07) is 9.80. The molecular weight excluding hydrogens is 516 g/mol. The molecule has 2 heterocycles. The van der Waals surface area contributed by atoms with Crippen LogP contribution in [0.4, 0.5) is 16.2 Å². The van der Waals surface area contributed by atoms with E-state index < -0.39 is 6.10 Å². The van der Waals surface area contributed by atoms with Gasteiger partial charge in [-0.15, -0.1) is 0 Å². The van der Waals surface area contributed by atoms with E-state index in [1.165, 1.54) is 4.90 Å². The Labute approximate surface area is 233 Å². The lowest BCUT2D eigenvalue weighted by atomic mass is 10.0. The lowest BCUT2D eigenvalue weighted by Crippen LogP contribution is -2.48. The summed E-state index contributed by atoms with van der Waals surface area (Å²) in [6.45, 7) is 4.33. The molecule has 3 N–H and O–H groups in total. The molecule has 0 spiro atoms. The Bertz CT molecular complexity index is 1280. The number of nitrogens with one attached hydrogen (secondary N) is 2. The van der Waals surface area contributed by atoms with Crippen LogP contribution in [0.5, 0.6) is 17.2 Å². The third kappa shape index (κ3) is 6.25. The van der Waals surface area contributed by atoms with Gasteiger partial charge >= 0.3 is 6.03 Å². The molecule has 2 aromatic carbocycles. The van der Waals surface area contributed by atoms with Crippen molar-refractivity contribution >= 4 is 29.2 Å². The Morgan fingerprint density at radius 2 is 1.77 bits per heavy atom. The highest BCUT2D eigenvalue weighted by atomic mass is 16.7. The molecule has 11 heteroatoms. The minimum atomic E-state index is -0.461. The molecule has 40 heavy (non-hydrogen) atoms. The van der Waals surface area contributed by atoms with Gasteiger partial charge < -0.3 is 39.8 Å². The van der Waals surface area contributed by atoms with E-state index in [4.69, 9.17) is 14.2 Å². The van der Waals surface area contributed by atoms with Crippen molar-refractivity contribution in [3.8, 4) is 17.2 Å². The van der Waals surface area contributed by atoms with Crippen molar-refractivity contribution in [2.75, 3.05) is 44.2 Å². The summed E-state index contributed by atoms with van der Waals surface area (Å²) >= 11 is 0. The monoisotopic (exact) mass is 552 g/mol. The highest BCUT2D eigenvalue weighted by Crippen LogP contribution is 2.35. The summed E-state index contributed by atoms with van der Waals surface area (Å²) in [7, 11) is 1.68. The topological polar surface area (TPSA) is 130 Å². The fourth-order valence-electron chi connectivity index (χ4n) is 4.86. The first-order chi connectivity index (χ1) is 19.2. The molecule has 0 saturated heterocycles. The van der Waals surface area contributed by atoms with E-state index >= 15 is 0 Å². The number of benzene rings is 2. The fourth-order valence-corrected chi connectivity index (χ4v) is 4.86. The van der Waals surface area contributed by atoms with Crippen molar-refractivity contribution in [2.24, 2.45) is 11.8 Å². The van der Waals surface area contributed by atoms with Crippen molar-refractivity contribution in [1.29, 1.82) is 0 Å². The number of ether oxygens (including phenoxy) is 3. The van der Waals surface area contributed by atoms with E-state index in [1.54, 1.807) is 55.3 Å². The number of aliphatic hydroxyl groups is 1. The van der Waals surface area contributed by atoms with E-state index in [0.717, 1.165) is 12.8 Å². The molecule has 2 aliphatic heterocycles. The Morgan fingerprint density at radius 1 is 1.07 bits per heavy atom. The first-order valence-electron chi connectivity index (χ1n) is 13.6. The second-order valence-corrected chi connectivity index (χ2v) is 10.9. The van der Waals surface area contributed by atoms with Crippen molar-refractivity contribution in [3.05, 3.63) is 42.0 Å². The standard InChI is InChI=1S/C29H36N4O7/c1-17-13-33(18(2)15-34)27(35)11-20-10-21(30-28(36)19-4-5-19)6-8-23(20)40-26(17)14-32(3)29(37)31-22-7-9-24-25(12-22)39-16-38-24/h6-10,12,17-19,26,34H,4-5,11,13-16H2,1-3H3,(H,30,36)(H,31,37)/t17-,18+,26+/m1/s1. The molecule has 1 aliphatic carbocycles. The van der Waals surface area contributed by atoms with Crippen molar-refractivity contribution in [3.63, 3.8) is 0 Å². The van der Waals surface area contributed by atoms with Gasteiger partial charge in [0.05, 0.1) is 25.6 Å². The van der Waals surface area contributed by atoms with Crippen molar-refractivity contribution in [1.82, 2.24) is 9.80 Å². The molecule has 4 amide bonds. The van der Waals surface area contributed by atoms with E-state index in [0.29, 0.717) is 40.7 Å². The van der Waals surface area contributed by atoms with Crippen LogP contribution in [0.1, 0.15) is 32.3 Å². The number of likely N-dealkylation sites (N-methyl/N-ethyl adjacent to an activating group) is 1. The van der Waals surface area contributed by atoms with Gasteiger partial charge in [0, 0.05) is 48.4 Å². The van der Waals surface area contributed by atoms with Gasteiger partial charge in [-0.3, -0.25) is 9.59 Å². The highest BCUT2D eigenvalue weighted by molar-refractivity contribution is 5.94. The summed E-state index contributed by atoms with van der Waals surface area (Å²) < 4.78 is 17.2. The normalized spacial score (nSPS) is 20.8. The number of carbonyl (C=O) groups excluding carboxylic acids is 3. The summed E-state index contributed by atoms with van der Waals surface area (Å²) in [5.74, 6) is 1.45. The van der Waals surface area contributed by atoms with Crippen LogP contribution in [0.25, 0.3) is 0 Å². The van der Waals surface area contributed by atoms with Crippen LogP contribution in [0, 0.1) is 11.8 Å². The SMILES string of the molecule is C[C@@H]1CN([C@@H](C)CO)C(=O)Cc2cc(NC(=O)C3CC3)ccc2O[C@H]1CN(C)C(=O)Nc1ccc2c(c1)OCO2. The number of hydrogen-bond acceptors (Lipinski definition) is 7. The van der Waals surface area contributed by atoms with Gasteiger partial charge in [0.2, 0.25) is 18.6 Å². The maximum atomic E-state index is 13.4. The zero-order valence-electron chi connectivity index (χ0n) is 23.0. The number of rotatable bonds is 7. The second kappa shape index (κ2) is 11.6. The van der Waals surface area contributed by atoms with Crippen LogP contribution in [0.2, 0.25) is 0 Å². The highest BCUT2D eigenvalue weighted by Gasteiger charge is 2.33. The maximum Gasteiger partial charge on any atom is 0.321 e. The van der Waals surface area contributed by atoms with E-state index in [2.05, 4.69) is 10.6 Å². The number of fused-ring (bicyclic) bond motifs is 2. The first kappa shape index (κ1) is 27.6. The third-order valence-corrected chi connectivity index (χ3v) is 7.56. The van der Waals surface area contributed by atoms with Crippen molar-refractivity contribution in [2.45, 2.75) is 45.3 Å². The number of aliphatic hydroxyl groups excluding tert-OH is 1. The summed E-state index contributed by atoms with van der Waals surface area (Å²) in [5.41, 5.74) is 1.82. The molecule has 1 fully saturated rings. The predicted octanol–water partition coefficient (Wildman–Crippen LogP) is 3.08. The second-order valence-electron chi connectivity index (χ2n) is 10.9. The number of carbonyl (C=O) groups is 3. The number of hydrogen-bond donors (Lipinski definition) is 3. The molecule has 0 aromatic heterocycles. The molecule has 11 nitrogen and oxygen atoms in total. The van der Waals surface area contributed by atoms with Crippen LogP contribution >= 0.6 is 0 Å². The minimum absolute atomic E-state index is 0.0209. The summed E-state index contributed by atoms with van der Waals surface area (Å²) in [4.78, 5) is 42.0. The number of anilines is 2. The van der Waals surface area contributed by atoms with Gasteiger partial charge in [0.25, 0.3) is 0 Å². The summed E-state index contributed by atoms with van der Waals surface area (Å²) in [6.07, 6.45) is 1.38. The van der Waals surface area contributed by atoms with Crippen LogP contribution in [0.15, 0.2) is 36.4 Å². The Kier molecular flexibility index (Phi) is 8.02. The fraction of sp³-hybridized carbons (Fsp3) is 0.483. The van der Waals surface area contributed by atoms with Crippen molar-refractivity contribution < 1.29 is 33.7 Å². The molecule has 0 bridgehead atoms. The van der Waals surface area contributed by atoms with Gasteiger partial charge in [-0.1, -0.05) is 6.92 Å². The molecule has 3 atom stereocenters. The number of amides is 4. The third-order valence-electron chi connectivity index (χ3n) is 7.56. The molecule has 0 unspecified atom stereocenters. The lowest BCUT2D eigenvalue weighted by molar-refractivity contribution is -0.134. The van der Waals surface area contributed by atoms with E-state index in [9.17, 15) is 19.5 Å². The molecule has 3 aliphatic rings. The van der Waals surface area contributed by atoms with Gasteiger partial charge in [0.1, 0.15) is 11.9 Å². The zero-order chi connectivity index (χ0) is 28.4. The van der Waals surface area contributed by atoms with Gasteiger partial charge in [-0.2, -0.15) is 0 Å². The first-order valence-corrected chi connectivity index (χ1v) is 13.6. The quantitative estimate of drug-likeness (QED) is 0.481. The van der Waals surface area contributed by atoms with Gasteiger partial charge in [-0.05, 0) is 50.1 Å². The average Bonchev–Trinajstić information content (AvgIpc) is 3.68. The smallest absolute Gasteiger partial charge is 0.321 e. The molecular formula is C29H36N4O7. The zero-order valence-corrected chi connectivity index (χ0v) is 23.0. The lowest BCUT2D eigenvalue weighted by Gasteiger charge is -2.34. The Balaban J connectivity index is 1.35. The maximum absolute atomic E-state index is 13.4. The summed E-state index contributed by atoms with van der Waals surface area (Å²) in [5, 5.41) is 15.7. The molecule has 5 rings (SSSR count). The molecule has 214 valence electrons. The van der Waals surface area contributed by atoms with Gasteiger partial charge in [-0.25, -0.2) is 4.79 Å². The van der Waals surface area contributed by atoms with E-state index in [1.807, 2.05) is 6.92 Å². The van der Waals surface area contributed by atoms with Crippen LogP contribution in [-0.2, 0) is 16.0 Å². The molecule has 1 saturated carbocycles. The Morgan fingerprint density at radius 3 is 2.50 bits per heavy atom.